The molecule has 0 bridgehead atoms. The molecule has 9 heteroatoms. The van der Waals surface area contributed by atoms with Gasteiger partial charge in [0.2, 0.25) is 0 Å². The standard InChI is InChI=1S/C19H23F3N4O2/c1-12(2)16(10-27)25-17-8-18(24-11-23-17)26-6-5-13-3-4-15(7-14(13)9-26)28-19(20,21)22/h3-4,7-8,11-12,16,27H,5-6,9-10H2,1-2H3,(H,23,24,25)/t16-/m1/s1. The minimum atomic E-state index is -4.71. The summed E-state index contributed by atoms with van der Waals surface area (Å²) in [5.74, 6) is 1.27. The molecule has 28 heavy (non-hydrogen) atoms. The van der Waals surface area contributed by atoms with Gasteiger partial charge >= 0.3 is 6.36 Å². The Labute approximate surface area is 161 Å². The van der Waals surface area contributed by atoms with Crippen LogP contribution in [-0.4, -0.2) is 40.6 Å². The normalized spacial score (nSPS) is 15.3. The van der Waals surface area contributed by atoms with Crippen molar-refractivity contribution < 1.29 is 23.0 Å². The van der Waals surface area contributed by atoms with Crippen molar-refractivity contribution in [3.05, 3.63) is 41.7 Å². The second-order valence-corrected chi connectivity index (χ2v) is 7.09. The zero-order chi connectivity index (χ0) is 20.3. The average molecular weight is 396 g/mol. The van der Waals surface area contributed by atoms with E-state index < -0.39 is 6.36 Å². The molecule has 6 nitrogen and oxygen atoms in total. The quantitative estimate of drug-likeness (QED) is 0.780. The van der Waals surface area contributed by atoms with Gasteiger partial charge in [0.15, 0.2) is 0 Å². The van der Waals surface area contributed by atoms with Crippen LogP contribution < -0.4 is 15.0 Å². The molecule has 0 aliphatic carbocycles. The Morgan fingerprint density at radius 3 is 2.68 bits per heavy atom. The van der Waals surface area contributed by atoms with Crippen molar-refractivity contribution in [1.82, 2.24) is 9.97 Å². The third-order valence-electron chi connectivity index (χ3n) is 4.73. The lowest BCUT2D eigenvalue weighted by Gasteiger charge is -2.30. The first-order chi connectivity index (χ1) is 13.2. The fourth-order valence-electron chi connectivity index (χ4n) is 3.14. The zero-order valence-corrected chi connectivity index (χ0v) is 15.7. The van der Waals surface area contributed by atoms with E-state index in [9.17, 15) is 18.3 Å². The predicted octanol–water partition coefficient (Wildman–Crippen LogP) is 3.37. The van der Waals surface area contributed by atoms with E-state index in [-0.39, 0.29) is 24.3 Å². The molecule has 3 rings (SSSR count). The first kappa shape index (κ1) is 20.2. The summed E-state index contributed by atoms with van der Waals surface area (Å²) in [6.07, 6.45) is -2.58. The predicted molar refractivity (Wildman–Crippen MR) is 99.2 cm³/mol. The third-order valence-corrected chi connectivity index (χ3v) is 4.73. The lowest BCUT2D eigenvalue weighted by molar-refractivity contribution is -0.274. The maximum atomic E-state index is 12.5. The summed E-state index contributed by atoms with van der Waals surface area (Å²) in [5.41, 5.74) is 1.77. The molecule has 2 aromatic rings. The Morgan fingerprint density at radius 2 is 2.00 bits per heavy atom. The number of aliphatic hydroxyl groups excluding tert-OH is 1. The van der Waals surface area contributed by atoms with E-state index in [1.807, 2.05) is 18.7 Å². The Hall–Kier alpha value is -2.55. The molecule has 152 valence electrons. The van der Waals surface area contributed by atoms with Crippen LogP contribution in [0.4, 0.5) is 24.8 Å². The average Bonchev–Trinajstić information content (AvgIpc) is 2.64. The Bertz CT molecular complexity index is 814. The summed E-state index contributed by atoms with van der Waals surface area (Å²) in [5, 5.41) is 12.7. The molecule has 1 aromatic heterocycles. The number of anilines is 2. The summed E-state index contributed by atoms with van der Waals surface area (Å²) in [4.78, 5) is 10.5. The van der Waals surface area contributed by atoms with E-state index in [2.05, 4.69) is 20.0 Å². The lowest BCUT2D eigenvalue weighted by atomic mass is 9.99. The molecule has 0 radical (unpaired) electrons. The van der Waals surface area contributed by atoms with Crippen LogP contribution in [-0.2, 0) is 13.0 Å². The van der Waals surface area contributed by atoms with Crippen molar-refractivity contribution in [2.45, 2.75) is 39.2 Å². The number of halogens is 3. The van der Waals surface area contributed by atoms with Gasteiger partial charge in [0.25, 0.3) is 0 Å². The van der Waals surface area contributed by atoms with E-state index >= 15 is 0 Å². The zero-order valence-electron chi connectivity index (χ0n) is 15.7. The molecule has 0 saturated heterocycles. The monoisotopic (exact) mass is 396 g/mol. The highest BCUT2D eigenvalue weighted by Crippen LogP contribution is 2.29. The largest absolute Gasteiger partial charge is 0.573 e. The van der Waals surface area contributed by atoms with E-state index in [1.165, 1.54) is 18.5 Å². The second-order valence-electron chi connectivity index (χ2n) is 7.09. The molecule has 0 spiro atoms. The second kappa shape index (κ2) is 8.22. The molecule has 1 aliphatic heterocycles. The highest BCUT2D eigenvalue weighted by molar-refractivity contribution is 5.51. The summed E-state index contributed by atoms with van der Waals surface area (Å²) in [6, 6.07) is 6.10. The number of nitrogens with one attached hydrogen (secondary N) is 1. The van der Waals surface area contributed by atoms with E-state index in [4.69, 9.17) is 0 Å². The summed E-state index contributed by atoms with van der Waals surface area (Å²) >= 11 is 0. The molecule has 0 saturated carbocycles. The molecule has 0 fully saturated rings. The van der Waals surface area contributed by atoms with Gasteiger partial charge in [0.05, 0.1) is 12.6 Å². The molecular weight excluding hydrogens is 373 g/mol. The smallest absolute Gasteiger partial charge is 0.406 e. The van der Waals surface area contributed by atoms with Crippen molar-refractivity contribution in [3.63, 3.8) is 0 Å². The fraction of sp³-hybridized carbons (Fsp3) is 0.474. The summed E-state index contributed by atoms with van der Waals surface area (Å²) in [7, 11) is 0. The van der Waals surface area contributed by atoms with Gasteiger partial charge in [0.1, 0.15) is 23.7 Å². The van der Waals surface area contributed by atoms with Gasteiger partial charge in [-0.1, -0.05) is 19.9 Å². The van der Waals surface area contributed by atoms with Gasteiger partial charge in [-0.3, -0.25) is 0 Å². The van der Waals surface area contributed by atoms with Crippen LogP contribution in [0.1, 0.15) is 25.0 Å². The number of aromatic nitrogens is 2. The summed E-state index contributed by atoms with van der Waals surface area (Å²) in [6.45, 7) is 5.09. The highest BCUT2D eigenvalue weighted by Gasteiger charge is 2.31. The highest BCUT2D eigenvalue weighted by atomic mass is 19.4. The van der Waals surface area contributed by atoms with E-state index in [0.717, 1.165) is 11.1 Å². The van der Waals surface area contributed by atoms with Gasteiger partial charge in [-0.25, -0.2) is 9.97 Å². The van der Waals surface area contributed by atoms with Crippen LogP contribution in [0.15, 0.2) is 30.6 Å². The Morgan fingerprint density at radius 1 is 1.21 bits per heavy atom. The number of aliphatic hydroxyl groups is 1. The van der Waals surface area contributed by atoms with Crippen LogP contribution in [0.25, 0.3) is 0 Å². The number of fused-ring (bicyclic) bond motifs is 1. The van der Waals surface area contributed by atoms with Gasteiger partial charge in [0, 0.05) is 19.2 Å². The Balaban J connectivity index is 1.76. The van der Waals surface area contributed by atoms with Crippen LogP contribution in [0, 0.1) is 5.92 Å². The van der Waals surface area contributed by atoms with Gasteiger partial charge < -0.3 is 20.1 Å². The maximum Gasteiger partial charge on any atom is 0.573 e. The third kappa shape index (κ3) is 5.03. The molecular formula is C19H23F3N4O2. The number of nitrogens with zero attached hydrogens (tertiary/aromatic N) is 3. The molecule has 0 unspecified atom stereocenters. The molecule has 1 aliphatic rings. The number of hydrogen-bond acceptors (Lipinski definition) is 6. The minimum Gasteiger partial charge on any atom is -0.406 e. The topological polar surface area (TPSA) is 70.5 Å². The minimum absolute atomic E-state index is 0.0178. The number of rotatable bonds is 6. The van der Waals surface area contributed by atoms with Crippen molar-refractivity contribution in [2.75, 3.05) is 23.4 Å². The van der Waals surface area contributed by atoms with Crippen molar-refractivity contribution in [2.24, 2.45) is 5.92 Å². The first-order valence-corrected chi connectivity index (χ1v) is 9.07. The number of alkyl halides is 3. The SMILES string of the molecule is CC(C)[C@@H](CO)Nc1cc(N2CCc3ccc(OC(F)(F)F)cc3C2)ncn1. The summed E-state index contributed by atoms with van der Waals surface area (Å²) < 4.78 is 41.5. The van der Waals surface area contributed by atoms with E-state index in [0.29, 0.717) is 31.1 Å². The number of benzene rings is 1. The fourth-order valence-corrected chi connectivity index (χ4v) is 3.14. The van der Waals surface area contributed by atoms with Crippen LogP contribution in [0.2, 0.25) is 0 Å². The number of ether oxygens (including phenoxy) is 1. The van der Waals surface area contributed by atoms with Crippen molar-refractivity contribution in [3.8, 4) is 5.75 Å². The van der Waals surface area contributed by atoms with Gasteiger partial charge in [-0.05, 0) is 35.6 Å². The lowest BCUT2D eigenvalue weighted by Crippen LogP contribution is -2.32. The maximum absolute atomic E-state index is 12.5. The van der Waals surface area contributed by atoms with Gasteiger partial charge in [-0.15, -0.1) is 13.2 Å². The molecule has 1 aromatic carbocycles. The van der Waals surface area contributed by atoms with Crippen LogP contribution in [0.5, 0.6) is 5.75 Å². The van der Waals surface area contributed by atoms with Crippen LogP contribution in [0.3, 0.4) is 0 Å². The molecule has 0 amide bonds. The molecule has 2 heterocycles. The van der Waals surface area contributed by atoms with Crippen molar-refractivity contribution in [1.29, 1.82) is 0 Å². The van der Waals surface area contributed by atoms with Crippen LogP contribution >= 0.6 is 0 Å². The molecule has 2 N–H and O–H groups in total. The first-order valence-electron chi connectivity index (χ1n) is 9.07. The Kier molecular flexibility index (Phi) is 5.93. The van der Waals surface area contributed by atoms with E-state index in [1.54, 1.807) is 12.1 Å². The number of hydrogen-bond donors (Lipinski definition) is 2. The molecule has 1 atom stereocenters. The van der Waals surface area contributed by atoms with Crippen molar-refractivity contribution >= 4 is 11.6 Å². The van der Waals surface area contributed by atoms with Gasteiger partial charge in [-0.2, -0.15) is 0 Å².